The molecule has 0 aliphatic carbocycles. The van der Waals surface area contributed by atoms with Gasteiger partial charge in [0.15, 0.2) is 0 Å². The van der Waals surface area contributed by atoms with Gasteiger partial charge in [0.2, 0.25) is 5.91 Å². The normalized spacial score (nSPS) is 21.9. The summed E-state index contributed by atoms with van der Waals surface area (Å²) >= 11 is 1.44. The van der Waals surface area contributed by atoms with Crippen molar-refractivity contribution in [3.05, 3.63) is 40.7 Å². The summed E-state index contributed by atoms with van der Waals surface area (Å²) in [5.41, 5.74) is 1.58. The molecule has 3 rings (SSSR count). The molecule has 0 saturated carbocycles. The Labute approximate surface area is 173 Å². The summed E-state index contributed by atoms with van der Waals surface area (Å²) in [5.74, 6) is -0.118. The zero-order valence-corrected chi connectivity index (χ0v) is 17.0. The zero-order chi connectivity index (χ0) is 20.8. The maximum Gasteiger partial charge on any atom is 0.409 e. The molecule has 154 valence electrons. The van der Waals surface area contributed by atoms with Gasteiger partial charge in [-0.05, 0) is 24.0 Å². The first-order valence-corrected chi connectivity index (χ1v) is 10.4. The largest absolute Gasteiger partial charge is 0.447 e. The molecule has 2 amide bonds. The Morgan fingerprint density at radius 2 is 2.38 bits per heavy atom. The predicted octanol–water partition coefficient (Wildman–Crippen LogP) is 1.99. The summed E-state index contributed by atoms with van der Waals surface area (Å²) in [6, 6.07) is 6.03. The molecule has 2 aliphatic rings. The third-order valence-electron chi connectivity index (χ3n) is 5.14. The molecule has 3 unspecified atom stereocenters. The van der Waals surface area contributed by atoms with Crippen LogP contribution in [0.1, 0.15) is 31.2 Å². The molecule has 1 fully saturated rings. The number of fused-ring (bicyclic) bond motifs is 1. The number of carbonyl (C=O) groups excluding carboxylic acids is 2. The summed E-state index contributed by atoms with van der Waals surface area (Å²) in [6.07, 6.45) is 3.92. The Hall–Kier alpha value is -2.57. The number of carbonyl (C=O) groups is 2. The average Bonchev–Trinajstić information content (AvgIpc) is 3.08. The van der Waals surface area contributed by atoms with Gasteiger partial charge < -0.3 is 20.1 Å². The summed E-state index contributed by atoms with van der Waals surface area (Å²) in [6.45, 7) is 2.64. The quantitative estimate of drug-likeness (QED) is 0.728. The fraction of sp³-hybridized carbons (Fsp3) is 0.500. The molecule has 0 spiro atoms. The highest BCUT2D eigenvalue weighted by atomic mass is 32.2. The number of ether oxygens (including phenoxy) is 1. The lowest BCUT2D eigenvalue weighted by Crippen LogP contribution is -2.44. The lowest BCUT2D eigenvalue weighted by molar-refractivity contribution is -0.120. The first-order chi connectivity index (χ1) is 14.0. The van der Waals surface area contributed by atoms with Gasteiger partial charge in [-0.1, -0.05) is 13.0 Å². The van der Waals surface area contributed by atoms with Crippen molar-refractivity contribution in [2.24, 2.45) is 5.92 Å². The van der Waals surface area contributed by atoms with E-state index in [-0.39, 0.29) is 36.2 Å². The highest BCUT2D eigenvalue weighted by Crippen LogP contribution is 2.44. The van der Waals surface area contributed by atoms with Gasteiger partial charge in [0, 0.05) is 43.1 Å². The van der Waals surface area contributed by atoms with Gasteiger partial charge in [-0.2, -0.15) is 5.26 Å². The van der Waals surface area contributed by atoms with Gasteiger partial charge in [0.1, 0.15) is 6.61 Å². The number of aliphatic hydroxyl groups is 1. The standard InChI is InChI=1S/C20H24N4O4S/c1-13(14-3-2-5-22-11-14)9-18(26)23-19-16(10-21)15-4-6-24(12-17(15)29-19)20(27)28-8-7-25/h2-3,5,11,13,15,17,25H,4,6-9,12H2,1H3,(H,23,26). The minimum atomic E-state index is -0.459. The first kappa shape index (κ1) is 21.1. The molecule has 1 saturated heterocycles. The van der Waals surface area contributed by atoms with Crippen LogP contribution in [-0.4, -0.2) is 58.5 Å². The monoisotopic (exact) mass is 416 g/mol. The number of nitrogens with one attached hydrogen (secondary N) is 1. The van der Waals surface area contributed by atoms with Crippen LogP contribution in [0.2, 0.25) is 0 Å². The van der Waals surface area contributed by atoms with Crippen molar-refractivity contribution in [3.63, 3.8) is 0 Å². The number of hydrogen-bond acceptors (Lipinski definition) is 7. The first-order valence-electron chi connectivity index (χ1n) is 9.56. The molecule has 2 N–H and O–H groups in total. The van der Waals surface area contributed by atoms with Crippen molar-refractivity contribution >= 4 is 23.8 Å². The number of rotatable bonds is 6. The molecule has 0 bridgehead atoms. The minimum Gasteiger partial charge on any atom is -0.447 e. The van der Waals surface area contributed by atoms with Crippen molar-refractivity contribution in [1.29, 1.82) is 5.26 Å². The van der Waals surface area contributed by atoms with E-state index in [4.69, 9.17) is 9.84 Å². The fourth-order valence-electron chi connectivity index (χ4n) is 3.61. The van der Waals surface area contributed by atoms with Crippen LogP contribution in [0, 0.1) is 17.2 Å². The van der Waals surface area contributed by atoms with E-state index in [1.807, 2.05) is 19.1 Å². The number of hydrogen-bond donors (Lipinski definition) is 2. The van der Waals surface area contributed by atoms with Crippen molar-refractivity contribution in [3.8, 4) is 6.07 Å². The average molecular weight is 417 g/mol. The molecule has 29 heavy (non-hydrogen) atoms. The Morgan fingerprint density at radius 3 is 3.07 bits per heavy atom. The molecule has 2 aliphatic heterocycles. The van der Waals surface area contributed by atoms with Crippen molar-refractivity contribution < 1.29 is 19.4 Å². The van der Waals surface area contributed by atoms with Gasteiger partial charge in [-0.3, -0.25) is 9.78 Å². The molecule has 1 aromatic rings. The predicted molar refractivity (Wildman–Crippen MR) is 108 cm³/mol. The second kappa shape index (κ2) is 9.76. The number of pyridine rings is 1. The van der Waals surface area contributed by atoms with Crippen LogP contribution in [0.5, 0.6) is 0 Å². The highest BCUT2D eigenvalue weighted by molar-refractivity contribution is 8.04. The summed E-state index contributed by atoms with van der Waals surface area (Å²) in [7, 11) is 0. The van der Waals surface area contributed by atoms with E-state index in [2.05, 4.69) is 16.4 Å². The highest BCUT2D eigenvalue weighted by Gasteiger charge is 2.41. The zero-order valence-electron chi connectivity index (χ0n) is 16.2. The minimum absolute atomic E-state index is 0.00567. The van der Waals surface area contributed by atoms with E-state index in [0.717, 1.165) is 5.56 Å². The molecule has 9 heteroatoms. The van der Waals surface area contributed by atoms with E-state index < -0.39 is 6.09 Å². The Kier molecular flexibility index (Phi) is 7.12. The number of nitriles is 1. The number of allylic oxidation sites excluding steroid dienone is 1. The van der Waals surface area contributed by atoms with Crippen LogP contribution >= 0.6 is 11.8 Å². The second-order valence-electron chi connectivity index (χ2n) is 7.13. The van der Waals surface area contributed by atoms with Gasteiger partial charge >= 0.3 is 6.09 Å². The number of piperidine rings is 1. The van der Waals surface area contributed by atoms with E-state index in [1.54, 1.807) is 17.3 Å². The third-order valence-corrected chi connectivity index (χ3v) is 6.48. The third kappa shape index (κ3) is 5.08. The van der Waals surface area contributed by atoms with Crippen LogP contribution in [0.4, 0.5) is 4.79 Å². The molecule has 0 radical (unpaired) electrons. The van der Waals surface area contributed by atoms with Gasteiger partial charge in [-0.25, -0.2) is 4.79 Å². The lowest BCUT2D eigenvalue weighted by atomic mass is 9.90. The molecule has 0 aromatic carbocycles. The van der Waals surface area contributed by atoms with E-state index in [9.17, 15) is 14.9 Å². The Morgan fingerprint density at radius 1 is 1.55 bits per heavy atom. The molecule has 3 heterocycles. The Balaban J connectivity index is 1.59. The number of thioether (sulfide) groups is 1. The van der Waals surface area contributed by atoms with E-state index in [1.165, 1.54) is 11.8 Å². The van der Waals surface area contributed by atoms with E-state index >= 15 is 0 Å². The Bertz CT molecular complexity index is 824. The van der Waals surface area contributed by atoms with Crippen LogP contribution in [0.15, 0.2) is 35.1 Å². The van der Waals surface area contributed by atoms with Crippen LogP contribution < -0.4 is 5.32 Å². The van der Waals surface area contributed by atoms with Crippen LogP contribution in [-0.2, 0) is 9.53 Å². The lowest BCUT2D eigenvalue weighted by Gasteiger charge is -2.33. The fourth-order valence-corrected chi connectivity index (χ4v) is 5.10. The smallest absolute Gasteiger partial charge is 0.409 e. The van der Waals surface area contributed by atoms with Crippen molar-refractivity contribution in [2.75, 3.05) is 26.3 Å². The SMILES string of the molecule is CC(CC(=O)NC1=C(C#N)C2CCN(C(=O)OCCO)CC2S1)c1cccnc1. The van der Waals surface area contributed by atoms with Crippen molar-refractivity contribution in [1.82, 2.24) is 15.2 Å². The number of amides is 2. The summed E-state index contributed by atoms with van der Waals surface area (Å²) in [5, 5.41) is 21.9. The second-order valence-corrected chi connectivity index (χ2v) is 8.38. The molecule has 8 nitrogen and oxygen atoms in total. The van der Waals surface area contributed by atoms with Gasteiger partial charge in [0.05, 0.1) is 23.3 Å². The number of aromatic nitrogens is 1. The molecular weight excluding hydrogens is 392 g/mol. The summed E-state index contributed by atoms with van der Waals surface area (Å²) < 4.78 is 4.98. The number of likely N-dealkylation sites (tertiary alicyclic amines) is 1. The number of nitrogens with zero attached hydrogens (tertiary/aromatic N) is 3. The maximum atomic E-state index is 12.5. The molecule has 3 atom stereocenters. The topological polar surface area (TPSA) is 116 Å². The maximum absolute atomic E-state index is 12.5. The number of aliphatic hydroxyl groups excluding tert-OH is 1. The molecular formula is C20H24N4O4S. The van der Waals surface area contributed by atoms with E-state index in [0.29, 0.717) is 36.5 Å². The summed E-state index contributed by atoms with van der Waals surface area (Å²) in [4.78, 5) is 30.3. The molecule has 1 aromatic heterocycles. The van der Waals surface area contributed by atoms with Gasteiger partial charge in [0.25, 0.3) is 0 Å². The van der Waals surface area contributed by atoms with Crippen molar-refractivity contribution in [2.45, 2.75) is 30.9 Å². The van der Waals surface area contributed by atoms with Crippen LogP contribution in [0.25, 0.3) is 0 Å². The van der Waals surface area contributed by atoms with Gasteiger partial charge in [-0.15, -0.1) is 11.8 Å². The van der Waals surface area contributed by atoms with Crippen LogP contribution in [0.3, 0.4) is 0 Å².